The van der Waals surface area contributed by atoms with Gasteiger partial charge in [0.2, 0.25) is 8.32 Å². The van der Waals surface area contributed by atoms with Gasteiger partial charge in [0, 0.05) is 0 Å². The largest absolute Gasteiger partial charge is 0.739 e. The normalized spacial score (nSPS) is 12.8. The van der Waals surface area contributed by atoms with Crippen molar-refractivity contribution in [3.8, 4) is 0 Å². The molecule has 0 spiro atoms. The van der Waals surface area contributed by atoms with Gasteiger partial charge in [-0.05, 0) is 19.6 Å². The molecule has 0 saturated carbocycles. The Balaban J connectivity index is 3.39. The third-order valence-electron chi connectivity index (χ3n) is 0.352. The summed E-state index contributed by atoms with van der Waals surface area (Å²) in [5.74, 6) is 0. The first-order valence-corrected chi connectivity index (χ1v) is 5.68. The van der Waals surface area contributed by atoms with Gasteiger partial charge in [-0.25, -0.2) is 0 Å². The molecule has 0 aliphatic rings. The second-order valence-corrected chi connectivity index (χ2v) is 6.85. The van der Waals surface area contributed by atoms with Crippen molar-refractivity contribution < 1.29 is 9.73 Å². The Bertz CT molecular complexity index is 69.4. The molecule has 8 heavy (non-hydrogen) atoms. The molecule has 4 nitrogen and oxygen atoms in total. The fourth-order valence-corrected chi connectivity index (χ4v) is 0.703. The van der Waals surface area contributed by atoms with Crippen molar-refractivity contribution in [1.82, 2.24) is 5.39 Å². The number of hydrogen-bond donors (Lipinski definition) is 1. The van der Waals surface area contributed by atoms with Gasteiger partial charge in [-0.3, -0.25) is 0 Å². The second-order valence-electron chi connectivity index (χ2n) is 2.44. The van der Waals surface area contributed by atoms with E-state index in [9.17, 15) is 5.21 Å². The molecule has 0 aliphatic heterocycles. The van der Waals surface area contributed by atoms with Crippen LogP contribution in [0.4, 0.5) is 0 Å². The summed E-state index contributed by atoms with van der Waals surface area (Å²) < 4.78 is 4.41. The van der Waals surface area contributed by atoms with E-state index in [-0.39, 0.29) is 0 Å². The van der Waals surface area contributed by atoms with Crippen molar-refractivity contribution in [3.63, 3.8) is 0 Å². The van der Waals surface area contributed by atoms with Crippen LogP contribution in [-0.4, -0.2) is 18.9 Å². The highest BCUT2D eigenvalue weighted by molar-refractivity contribution is 6.69. The monoisotopic (exact) mass is 136 g/mol. The summed E-state index contributed by atoms with van der Waals surface area (Å²) in [5, 5.41) is 17.2. The maximum atomic E-state index is 9.74. The van der Waals surface area contributed by atoms with Gasteiger partial charge in [-0.15, -0.1) is 5.39 Å². The molecule has 0 bridgehead atoms. The fourth-order valence-electron chi connectivity index (χ4n) is 0.234. The van der Waals surface area contributed by atoms with E-state index in [1.54, 1.807) is 19.6 Å². The predicted octanol–water partition coefficient (Wildman–Crippen LogP) is 0.942. The molecule has 50 valence electrons. The van der Waals surface area contributed by atoms with Gasteiger partial charge >= 0.3 is 0 Å². The van der Waals surface area contributed by atoms with Crippen LogP contribution in [0, 0.1) is 5.21 Å². The van der Waals surface area contributed by atoms with Crippen LogP contribution in [0.5, 0.6) is 0 Å². The van der Waals surface area contributed by atoms with Gasteiger partial charge in [0.25, 0.3) is 0 Å². The molecule has 0 aliphatic carbocycles. The van der Waals surface area contributed by atoms with Crippen LogP contribution < -0.4 is 0 Å². The van der Waals surface area contributed by atoms with Gasteiger partial charge in [0.1, 0.15) is 0 Å². The lowest BCUT2D eigenvalue weighted by Crippen LogP contribution is -2.32. The molecule has 0 aromatic heterocycles. The summed E-state index contributed by atoms with van der Waals surface area (Å²) in [7, 11) is -1.86. The fraction of sp³-hybridized carbons (Fsp3) is 1.00. The van der Waals surface area contributed by atoms with Crippen molar-refractivity contribution in [2.75, 3.05) is 0 Å². The van der Waals surface area contributed by atoms with Crippen molar-refractivity contribution in [1.29, 1.82) is 0 Å². The quantitative estimate of drug-likeness (QED) is 0.453. The first-order chi connectivity index (χ1) is 3.42. The molecular weight excluding hydrogens is 126 g/mol. The molecular formula is C3H10NO3Si-. The minimum atomic E-state index is -1.86. The van der Waals surface area contributed by atoms with E-state index in [1.807, 2.05) is 0 Å². The van der Waals surface area contributed by atoms with Crippen LogP contribution >= 0.6 is 0 Å². The molecule has 0 amide bonds. The zero-order chi connectivity index (χ0) is 6.78. The topological polar surface area (TPSA) is 55.8 Å². The van der Waals surface area contributed by atoms with Crippen molar-refractivity contribution >= 4 is 8.32 Å². The Labute approximate surface area is 49.3 Å². The highest BCUT2D eigenvalue weighted by atomic mass is 28.4. The summed E-state index contributed by atoms with van der Waals surface area (Å²) in [6.07, 6.45) is 0. The van der Waals surface area contributed by atoms with E-state index in [4.69, 9.17) is 5.21 Å². The molecule has 1 N–H and O–H groups in total. The molecule has 0 aromatic rings. The van der Waals surface area contributed by atoms with E-state index in [2.05, 4.69) is 4.53 Å². The highest BCUT2D eigenvalue weighted by Crippen LogP contribution is 2.02. The van der Waals surface area contributed by atoms with Gasteiger partial charge < -0.3 is 14.9 Å². The number of rotatable bonds is 2. The van der Waals surface area contributed by atoms with Crippen LogP contribution in [0.25, 0.3) is 0 Å². The SMILES string of the molecule is C[Si](C)(C)ON([O-])O. The zero-order valence-corrected chi connectivity index (χ0v) is 6.21. The molecule has 0 radical (unpaired) electrons. The maximum absolute atomic E-state index is 9.74. The summed E-state index contributed by atoms with van der Waals surface area (Å²) in [5.41, 5.74) is 0. The molecule has 5 heteroatoms. The van der Waals surface area contributed by atoms with Gasteiger partial charge in [-0.1, -0.05) is 0 Å². The Hall–Kier alpha value is 0.0569. The van der Waals surface area contributed by atoms with Crippen molar-refractivity contribution in [3.05, 3.63) is 5.21 Å². The third-order valence-corrected chi connectivity index (χ3v) is 1.06. The van der Waals surface area contributed by atoms with E-state index >= 15 is 0 Å². The summed E-state index contributed by atoms with van der Waals surface area (Å²) in [6.45, 7) is 5.40. The van der Waals surface area contributed by atoms with Crippen LogP contribution in [0.1, 0.15) is 0 Å². The lowest BCUT2D eigenvalue weighted by atomic mass is 11.8. The highest BCUT2D eigenvalue weighted by Gasteiger charge is 2.14. The standard InChI is InChI=1S/C3H10NO3Si/c1-8(2,3)7-4(5)6/h5H,1-3H3/q-1. The molecule has 0 unspecified atom stereocenters. The van der Waals surface area contributed by atoms with Crippen LogP contribution in [0.3, 0.4) is 0 Å². The molecule has 0 aromatic carbocycles. The van der Waals surface area contributed by atoms with Crippen LogP contribution in [0.15, 0.2) is 0 Å². The lowest BCUT2D eigenvalue weighted by Gasteiger charge is -2.26. The van der Waals surface area contributed by atoms with E-state index in [1.165, 1.54) is 0 Å². The minimum Gasteiger partial charge on any atom is -0.739 e. The smallest absolute Gasteiger partial charge is 0.213 e. The zero-order valence-electron chi connectivity index (χ0n) is 5.21. The molecule has 0 heterocycles. The molecule has 0 saturated heterocycles. The maximum Gasteiger partial charge on any atom is 0.213 e. The van der Waals surface area contributed by atoms with Crippen LogP contribution in [-0.2, 0) is 4.53 Å². The molecule has 0 fully saturated rings. The number of hydrogen-bond acceptors (Lipinski definition) is 4. The van der Waals surface area contributed by atoms with Gasteiger partial charge in [0.15, 0.2) is 0 Å². The average Bonchev–Trinajstić information content (AvgIpc) is 1.21. The van der Waals surface area contributed by atoms with Gasteiger partial charge in [-0.2, -0.15) is 0 Å². The van der Waals surface area contributed by atoms with E-state index in [0.717, 1.165) is 0 Å². The summed E-state index contributed by atoms with van der Waals surface area (Å²) >= 11 is 0. The minimum absolute atomic E-state index is 0.480. The summed E-state index contributed by atoms with van der Waals surface area (Å²) in [6, 6.07) is 0. The first kappa shape index (κ1) is 8.06. The first-order valence-electron chi connectivity index (χ1n) is 2.27. The Morgan fingerprint density at radius 2 is 1.88 bits per heavy atom. The van der Waals surface area contributed by atoms with Crippen molar-refractivity contribution in [2.45, 2.75) is 19.6 Å². The Kier molecular flexibility index (Phi) is 2.58. The van der Waals surface area contributed by atoms with Gasteiger partial charge in [0.05, 0.1) is 0 Å². The van der Waals surface area contributed by atoms with E-state index < -0.39 is 13.7 Å². The number of nitrogens with zero attached hydrogens (tertiary/aromatic N) is 1. The average molecular weight is 136 g/mol. The predicted molar refractivity (Wildman–Crippen MR) is 31.4 cm³/mol. The Morgan fingerprint density at radius 1 is 1.50 bits per heavy atom. The summed E-state index contributed by atoms with van der Waals surface area (Å²) in [4.78, 5) is 0. The molecule has 0 rings (SSSR count). The van der Waals surface area contributed by atoms with E-state index in [0.29, 0.717) is 0 Å². The molecule has 0 atom stereocenters. The van der Waals surface area contributed by atoms with Crippen molar-refractivity contribution in [2.24, 2.45) is 0 Å². The third kappa shape index (κ3) is 6.06. The lowest BCUT2D eigenvalue weighted by molar-refractivity contribution is -0.249. The second kappa shape index (κ2) is 2.56. The Morgan fingerprint density at radius 3 is 1.88 bits per heavy atom. The van der Waals surface area contributed by atoms with Crippen LogP contribution in [0.2, 0.25) is 19.6 Å².